The molecule has 2 N–H and O–H groups in total. The Hall–Kier alpha value is -2.16. The normalized spacial score (nSPS) is 14.8. The van der Waals surface area contributed by atoms with Gasteiger partial charge >= 0.3 is 5.97 Å². The second-order valence-corrected chi connectivity index (χ2v) is 8.05. The van der Waals surface area contributed by atoms with Gasteiger partial charge < -0.3 is 15.2 Å². The number of rotatable bonds is 7. The van der Waals surface area contributed by atoms with E-state index in [4.69, 9.17) is 4.74 Å². The number of ether oxygens (including phenoxy) is 1. The van der Waals surface area contributed by atoms with Gasteiger partial charge in [0.15, 0.2) is 0 Å². The van der Waals surface area contributed by atoms with Crippen LogP contribution >= 0.6 is 0 Å². The van der Waals surface area contributed by atoms with Gasteiger partial charge in [-0.2, -0.15) is 0 Å². The number of carbonyl (C=O) groups is 2. The fourth-order valence-corrected chi connectivity index (χ4v) is 3.26. The number of pyridine rings is 1. The molecule has 132 valence electrons. The SMILES string of the molecule is COc1nc2c(cc1C(=O)N[C@@H](CCS(C)(=O)=O)C(=O)O)CCC2. The molecule has 1 aliphatic carbocycles. The first-order valence-corrected chi connectivity index (χ1v) is 9.55. The lowest BCUT2D eigenvalue weighted by molar-refractivity contribution is -0.139. The van der Waals surface area contributed by atoms with Crippen molar-refractivity contribution in [1.29, 1.82) is 0 Å². The van der Waals surface area contributed by atoms with Gasteiger partial charge in [0, 0.05) is 11.9 Å². The van der Waals surface area contributed by atoms with E-state index in [1.807, 2.05) is 0 Å². The lowest BCUT2D eigenvalue weighted by Crippen LogP contribution is -2.42. The standard InChI is InChI=1S/C15H20N2O6S/c1-23-14-10(8-9-4-3-5-11(9)17-14)13(18)16-12(15(19)20)6-7-24(2,21)22/h8,12H,3-7H2,1-2H3,(H,16,18)(H,19,20)/t12-/m0/s1. The van der Waals surface area contributed by atoms with E-state index in [-0.39, 0.29) is 23.6 Å². The van der Waals surface area contributed by atoms with E-state index in [1.54, 1.807) is 6.07 Å². The fraction of sp³-hybridized carbons (Fsp3) is 0.533. The maximum atomic E-state index is 12.4. The molecule has 1 heterocycles. The van der Waals surface area contributed by atoms with E-state index in [0.717, 1.165) is 36.8 Å². The molecule has 1 amide bonds. The van der Waals surface area contributed by atoms with Crippen LogP contribution in [0.25, 0.3) is 0 Å². The number of methoxy groups -OCH3 is 1. The molecule has 0 aromatic carbocycles. The van der Waals surface area contributed by atoms with Crippen LogP contribution < -0.4 is 10.1 Å². The Kier molecular flexibility index (Phi) is 5.43. The third-order valence-electron chi connectivity index (χ3n) is 3.83. The smallest absolute Gasteiger partial charge is 0.326 e. The predicted octanol–water partition coefficient (Wildman–Crippen LogP) is 0.197. The molecule has 0 unspecified atom stereocenters. The predicted molar refractivity (Wildman–Crippen MR) is 86.0 cm³/mol. The van der Waals surface area contributed by atoms with Gasteiger partial charge in [-0.3, -0.25) is 4.79 Å². The topological polar surface area (TPSA) is 123 Å². The number of fused-ring (bicyclic) bond motifs is 1. The third kappa shape index (κ3) is 4.44. The summed E-state index contributed by atoms with van der Waals surface area (Å²) in [7, 11) is -1.94. The first-order chi connectivity index (χ1) is 11.2. The van der Waals surface area contributed by atoms with Gasteiger partial charge in [-0.05, 0) is 37.3 Å². The second kappa shape index (κ2) is 7.16. The van der Waals surface area contributed by atoms with Gasteiger partial charge in [-0.25, -0.2) is 18.2 Å². The van der Waals surface area contributed by atoms with Gasteiger partial charge in [0.05, 0.1) is 12.9 Å². The first-order valence-electron chi connectivity index (χ1n) is 7.49. The Bertz CT molecular complexity index is 759. The molecule has 1 aromatic heterocycles. The van der Waals surface area contributed by atoms with Gasteiger partial charge in [-0.1, -0.05) is 0 Å². The van der Waals surface area contributed by atoms with Crippen LogP contribution in [-0.4, -0.2) is 55.5 Å². The molecular formula is C15H20N2O6S. The number of aryl methyl sites for hydroxylation is 2. The minimum atomic E-state index is -3.33. The van der Waals surface area contributed by atoms with Crippen LogP contribution in [0.5, 0.6) is 5.88 Å². The lowest BCUT2D eigenvalue weighted by atomic mass is 10.1. The molecule has 0 fully saturated rings. The average Bonchev–Trinajstić information content (AvgIpc) is 2.95. The molecular weight excluding hydrogens is 336 g/mol. The van der Waals surface area contributed by atoms with Gasteiger partial charge in [0.1, 0.15) is 21.4 Å². The van der Waals surface area contributed by atoms with E-state index < -0.39 is 27.8 Å². The molecule has 1 aromatic rings. The maximum absolute atomic E-state index is 12.4. The Balaban J connectivity index is 2.19. The molecule has 24 heavy (non-hydrogen) atoms. The summed E-state index contributed by atoms with van der Waals surface area (Å²) in [5.41, 5.74) is 1.99. The molecule has 0 aliphatic heterocycles. The van der Waals surface area contributed by atoms with Crippen molar-refractivity contribution in [2.45, 2.75) is 31.7 Å². The number of amides is 1. The number of aromatic nitrogens is 1. The van der Waals surface area contributed by atoms with Crippen molar-refractivity contribution in [3.63, 3.8) is 0 Å². The van der Waals surface area contributed by atoms with Crippen molar-refractivity contribution in [2.24, 2.45) is 0 Å². The van der Waals surface area contributed by atoms with Gasteiger partial charge in [0.2, 0.25) is 5.88 Å². The highest BCUT2D eigenvalue weighted by atomic mass is 32.2. The zero-order valence-electron chi connectivity index (χ0n) is 13.5. The van der Waals surface area contributed by atoms with E-state index in [1.165, 1.54) is 7.11 Å². The van der Waals surface area contributed by atoms with Crippen LogP contribution in [0.15, 0.2) is 6.07 Å². The van der Waals surface area contributed by atoms with E-state index in [0.29, 0.717) is 0 Å². The number of carboxylic acid groups (broad SMARTS) is 1. The maximum Gasteiger partial charge on any atom is 0.326 e. The highest BCUT2D eigenvalue weighted by Crippen LogP contribution is 2.26. The third-order valence-corrected chi connectivity index (χ3v) is 4.81. The van der Waals surface area contributed by atoms with Crippen molar-refractivity contribution < 1.29 is 27.9 Å². The number of sulfone groups is 1. The summed E-state index contributed by atoms with van der Waals surface area (Å²) in [5, 5.41) is 11.5. The molecule has 2 rings (SSSR count). The number of carbonyl (C=O) groups excluding carboxylic acids is 1. The van der Waals surface area contributed by atoms with Crippen molar-refractivity contribution in [3.8, 4) is 5.88 Å². The molecule has 0 bridgehead atoms. The van der Waals surface area contributed by atoms with E-state index in [2.05, 4.69) is 10.3 Å². The number of aliphatic carboxylic acids is 1. The summed E-state index contributed by atoms with van der Waals surface area (Å²) >= 11 is 0. The van der Waals surface area contributed by atoms with Crippen LogP contribution in [0.1, 0.15) is 34.5 Å². The zero-order valence-corrected chi connectivity index (χ0v) is 14.4. The molecule has 1 atom stereocenters. The van der Waals surface area contributed by atoms with Crippen LogP contribution in [0.2, 0.25) is 0 Å². The Morgan fingerprint density at radius 1 is 1.42 bits per heavy atom. The molecule has 8 nitrogen and oxygen atoms in total. The number of nitrogens with zero attached hydrogens (tertiary/aromatic N) is 1. The minimum Gasteiger partial charge on any atom is -0.480 e. The van der Waals surface area contributed by atoms with Crippen LogP contribution in [0.3, 0.4) is 0 Å². The van der Waals surface area contributed by atoms with Crippen molar-refractivity contribution in [1.82, 2.24) is 10.3 Å². The Labute approximate surface area is 140 Å². The highest BCUT2D eigenvalue weighted by molar-refractivity contribution is 7.90. The van der Waals surface area contributed by atoms with E-state index in [9.17, 15) is 23.1 Å². The fourth-order valence-electron chi connectivity index (χ4n) is 2.60. The molecule has 1 aliphatic rings. The molecule has 0 saturated carbocycles. The highest BCUT2D eigenvalue weighted by Gasteiger charge is 2.26. The first kappa shape index (κ1) is 18.2. The summed E-state index contributed by atoms with van der Waals surface area (Å²) in [6.07, 6.45) is 3.38. The number of hydrogen-bond acceptors (Lipinski definition) is 6. The number of hydrogen-bond donors (Lipinski definition) is 2. The number of carboxylic acids is 1. The quantitative estimate of drug-likeness (QED) is 0.715. The van der Waals surface area contributed by atoms with Gasteiger partial charge in [0.25, 0.3) is 5.91 Å². The van der Waals surface area contributed by atoms with Crippen LogP contribution in [0.4, 0.5) is 0 Å². The number of nitrogens with one attached hydrogen (secondary N) is 1. The monoisotopic (exact) mass is 356 g/mol. The summed E-state index contributed by atoms with van der Waals surface area (Å²) in [6.45, 7) is 0. The lowest BCUT2D eigenvalue weighted by Gasteiger charge is -2.16. The van der Waals surface area contributed by atoms with Crippen LogP contribution in [-0.2, 0) is 27.5 Å². The summed E-state index contributed by atoms with van der Waals surface area (Å²) in [6, 6.07) is 0.365. The van der Waals surface area contributed by atoms with Gasteiger partial charge in [-0.15, -0.1) is 0 Å². The minimum absolute atomic E-state index is 0.139. The molecule has 0 radical (unpaired) electrons. The van der Waals surface area contributed by atoms with Crippen molar-refractivity contribution in [2.75, 3.05) is 19.1 Å². The molecule has 9 heteroatoms. The summed E-state index contributed by atoms with van der Waals surface area (Å²) in [4.78, 5) is 28.0. The largest absolute Gasteiger partial charge is 0.480 e. The molecule has 0 spiro atoms. The van der Waals surface area contributed by atoms with Crippen molar-refractivity contribution >= 4 is 21.7 Å². The zero-order chi connectivity index (χ0) is 17.9. The van der Waals surface area contributed by atoms with E-state index >= 15 is 0 Å². The average molecular weight is 356 g/mol. The van der Waals surface area contributed by atoms with Crippen LogP contribution in [0, 0.1) is 0 Å². The van der Waals surface area contributed by atoms with Crippen molar-refractivity contribution in [3.05, 3.63) is 22.9 Å². The summed E-state index contributed by atoms with van der Waals surface area (Å²) in [5.74, 6) is -2.13. The Morgan fingerprint density at radius 2 is 2.12 bits per heavy atom. The Morgan fingerprint density at radius 3 is 2.71 bits per heavy atom. The summed E-state index contributed by atoms with van der Waals surface area (Å²) < 4.78 is 27.5. The second-order valence-electron chi connectivity index (χ2n) is 5.79. The molecule has 0 saturated heterocycles.